The number of nitrogens with two attached hydrogens (primary N) is 2. The summed E-state index contributed by atoms with van der Waals surface area (Å²) in [6.45, 7) is 0. The Bertz CT molecular complexity index is 465. The van der Waals surface area contributed by atoms with Gasteiger partial charge in [-0.1, -0.05) is 39.1 Å². The lowest BCUT2D eigenvalue weighted by Crippen LogP contribution is -2.30. The number of rotatable bonds is 1. The van der Waals surface area contributed by atoms with Crippen molar-refractivity contribution in [2.45, 2.75) is 0 Å². The van der Waals surface area contributed by atoms with Gasteiger partial charge in [0, 0.05) is 11.5 Å². The Labute approximate surface area is 116 Å². The molecule has 1 rings (SSSR count). The second kappa shape index (κ2) is 5.57. The molecule has 0 heterocycles. The summed E-state index contributed by atoms with van der Waals surface area (Å²) in [4.78, 5) is 16.1. The highest BCUT2D eigenvalue weighted by Gasteiger charge is 2.17. The molecule has 0 aliphatic carbocycles. The van der Waals surface area contributed by atoms with Crippen molar-refractivity contribution in [3.05, 3.63) is 26.7 Å². The topological polar surface area (TPSA) is 84.7 Å². The van der Waals surface area contributed by atoms with Crippen LogP contribution in [0.2, 0.25) is 10.0 Å². The van der Waals surface area contributed by atoms with Crippen LogP contribution in [0.1, 0.15) is 0 Å². The SMILES string of the molecule is CN(C(=O)N=C(N)N)c1c(Cl)cc(Br)cc1Cl. The molecular weight excluding hydrogens is 331 g/mol. The van der Waals surface area contributed by atoms with Crippen molar-refractivity contribution in [1.29, 1.82) is 0 Å². The fraction of sp³-hybridized carbons (Fsp3) is 0.111. The maximum Gasteiger partial charge on any atom is 0.351 e. The maximum atomic E-state index is 11.6. The molecule has 0 saturated carbocycles. The first-order chi connectivity index (χ1) is 7.82. The van der Waals surface area contributed by atoms with Gasteiger partial charge in [0.1, 0.15) is 0 Å². The van der Waals surface area contributed by atoms with E-state index in [4.69, 9.17) is 34.7 Å². The molecule has 1 aromatic carbocycles. The molecule has 8 heteroatoms. The van der Waals surface area contributed by atoms with E-state index in [2.05, 4.69) is 20.9 Å². The van der Waals surface area contributed by atoms with Crippen LogP contribution in [0.5, 0.6) is 0 Å². The summed E-state index contributed by atoms with van der Waals surface area (Å²) >= 11 is 15.2. The van der Waals surface area contributed by atoms with Gasteiger partial charge >= 0.3 is 6.03 Å². The molecule has 0 saturated heterocycles. The van der Waals surface area contributed by atoms with Crippen molar-refractivity contribution in [2.75, 3.05) is 11.9 Å². The van der Waals surface area contributed by atoms with Gasteiger partial charge in [0.2, 0.25) is 0 Å². The van der Waals surface area contributed by atoms with Crippen LogP contribution in [0, 0.1) is 0 Å². The standard InChI is InChI=1S/C9H9BrCl2N4O/c1-16(9(17)15-8(13)14)7-5(11)2-4(10)3-6(7)12/h2-3H,1H3,(H4,13,14,15,17). The molecule has 0 aliphatic heterocycles. The molecule has 17 heavy (non-hydrogen) atoms. The third-order valence-corrected chi connectivity index (χ3v) is 2.86. The zero-order valence-corrected chi connectivity index (χ0v) is 11.8. The fourth-order valence-corrected chi connectivity index (χ4v) is 2.60. The molecule has 0 aliphatic rings. The largest absolute Gasteiger partial charge is 0.370 e. The summed E-state index contributed by atoms with van der Waals surface area (Å²) in [6, 6.07) is 2.57. The molecule has 0 unspecified atom stereocenters. The van der Waals surface area contributed by atoms with E-state index in [1.54, 1.807) is 12.1 Å². The lowest BCUT2D eigenvalue weighted by molar-refractivity contribution is 0.255. The van der Waals surface area contributed by atoms with Crippen LogP contribution in [-0.4, -0.2) is 19.0 Å². The van der Waals surface area contributed by atoms with Gasteiger partial charge in [0.25, 0.3) is 0 Å². The summed E-state index contributed by atoms with van der Waals surface area (Å²) in [5.74, 6) is -0.328. The predicted octanol–water partition coefficient (Wildman–Crippen LogP) is 2.59. The number of guanidine groups is 1. The van der Waals surface area contributed by atoms with Crippen LogP contribution in [0.4, 0.5) is 10.5 Å². The van der Waals surface area contributed by atoms with E-state index in [0.717, 1.165) is 4.90 Å². The van der Waals surface area contributed by atoms with Crippen LogP contribution in [0.3, 0.4) is 0 Å². The van der Waals surface area contributed by atoms with Gasteiger partial charge in [-0.3, -0.25) is 4.90 Å². The van der Waals surface area contributed by atoms with Crippen molar-refractivity contribution in [2.24, 2.45) is 16.5 Å². The molecule has 0 atom stereocenters. The molecule has 0 aromatic heterocycles. The van der Waals surface area contributed by atoms with Crippen LogP contribution >= 0.6 is 39.1 Å². The number of anilines is 1. The van der Waals surface area contributed by atoms with Crippen molar-refractivity contribution >= 4 is 56.8 Å². The average molecular weight is 340 g/mol. The summed E-state index contributed by atoms with van der Waals surface area (Å²) in [5.41, 5.74) is 10.6. The van der Waals surface area contributed by atoms with Crippen molar-refractivity contribution < 1.29 is 4.79 Å². The van der Waals surface area contributed by atoms with Gasteiger partial charge in [-0.15, -0.1) is 0 Å². The number of nitrogens with zero attached hydrogens (tertiary/aromatic N) is 2. The van der Waals surface area contributed by atoms with E-state index >= 15 is 0 Å². The average Bonchev–Trinajstić information content (AvgIpc) is 2.14. The Hall–Kier alpha value is -0.980. The minimum atomic E-state index is -0.656. The van der Waals surface area contributed by atoms with Gasteiger partial charge in [0.05, 0.1) is 15.7 Å². The number of hydrogen-bond donors (Lipinski definition) is 2. The number of carbonyl (C=O) groups excluding carboxylic acids is 1. The first-order valence-electron chi connectivity index (χ1n) is 4.34. The highest BCUT2D eigenvalue weighted by Crippen LogP contribution is 2.36. The Balaban J connectivity index is 3.17. The lowest BCUT2D eigenvalue weighted by Gasteiger charge is -2.17. The van der Waals surface area contributed by atoms with Crippen LogP contribution in [-0.2, 0) is 0 Å². The predicted molar refractivity (Wildman–Crippen MR) is 73.8 cm³/mol. The van der Waals surface area contributed by atoms with Gasteiger partial charge in [-0.25, -0.2) is 4.79 Å². The smallest absolute Gasteiger partial charge is 0.351 e. The van der Waals surface area contributed by atoms with E-state index in [9.17, 15) is 4.79 Å². The third-order valence-electron chi connectivity index (χ3n) is 1.83. The summed E-state index contributed by atoms with van der Waals surface area (Å²) in [7, 11) is 1.47. The number of halogens is 3. The zero-order valence-electron chi connectivity index (χ0n) is 8.75. The molecule has 0 radical (unpaired) electrons. The molecule has 5 nitrogen and oxygen atoms in total. The third kappa shape index (κ3) is 3.49. The quantitative estimate of drug-likeness (QED) is 0.609. The van der Waals surface area contributed by atoms with E-state index in [1.807, 2.05) is 0 Å². The van der Waals surface area contributed by atoms with Gasteiger partial charge in [-0.2, -0.15) is 4.99 Å². The summed E-state index contributed by atoms with van der Waals surface area (Å²) in [5, 5.41) is 0.622. The Kier molecular flexibility index (Phi) is 4.62. The Morgan fingerprint density at radius 3 is 2.24 bits per heavy atom. The second-order valence-electron chi connectivity index (χ2n) is 3.10. The minimum Gasteiger partial charge on any atom is -0.370 e. The highest BCUT2D eigenvalue weighted by atomic mass is 79.9. The Morgan fingerprint density at radius 2 is 1.82 bits per heavy atom. The number of carbonyl (C=O) groups is 1. The van der Waals surface area contributed by atoms with Crippen LogP contribution in [0.15, 0.2) is 21.6 Å². The number of urea groups is 1. The fourth-order valence-electron chi connectivity index (χ4n) is 1.14. The molecule has 1 aromatic rings. The summed E-state index contributed by atoms with van der Waals surface area (Å²) < 4.78 is 0.707. The van der Waals surface area contributed by atoms with E-state index in [1.165, 1.54) is 7.05 Å². The highest BCUT2D eigenvalue weighted by molar-refractivity contribution is 9.10. The first-order valence-corrected chi connectivity index (χ1v) is 5.89. The monoisotopic (exact) mass is 338 g/mol. The first kappa shape index (κ1) is 14.1. The molecule has 0 fully saturated rings. The molecule has 92 valence electrons. The van der Waals surface area contributed by atoms with Gasteiger partial charge in [-0.05, 0) is 12.1 Å². The van der Waals surface area contributed by atoms with E-state index in [-0.39, 0.29) is 5.96 Å². The molecule has 2 amide bonds. The number of aliphatic imine (C=N–C) groups is 1. The van der Waals surface area contributed by atoms with Crippen molar-refractivity contribution in [1.82, 2.24) is 0 Å². The number of hydrogen-bond acceptors (Lipinski definition) is 1. The number of amides is 2. The normalized spacial score (nSPS) is 9.88. The molecular formula is C9H9BrCl2N4O. The van der Waals surface area contributed by atoms with Gasteiger partial charge < -0.3 is 11.5 Å². The van der Waals surface area contributed by atoms with E-state index in [0.29, 0.717) is 20.2 Å². The number of benzene rings is 1. The molecule has 0 spiro atoms. The minimum absolute atomic E-state index is 0.311. The van der Waals surface area contributed by atoms with Crippen LogP contribution < -0.4 is 16.4 Å². The Morgan fingerprint density at radius 1 is 1.35 bits per heavy atom. The second-order valence-corrected chi connectivity index (χ2v) is 4.83. The zero-order chi connectivity index (χ0) is 13.2. The lowest BCUT2D eigenvalue weighted by atomic mass is 10.3. The van der Waals surface area contributed by atoms with E-state index < -0.39 is 6.03 Å². The van der Waals surface area contributed by atoms with Crippen LogP contribution in [0.25, 0.3) is 0 Å². The van der Waals surface area contributed by atoms with Crippen molar-refractivity contribution in [3.8, 4) is 0 Å². The van der Waals surface area contributed by atoms with Crippen molar-refractivity contribution in [3.63, 3.8) is 0 Å². The molecule has 0 bridgehead atoms. The molecule has 4 N–H and O–H groups in total. The van der Waals surface area contributed by atoms with Gasteiger partial charge in [0.15, 0.2) is 5.96 Å². The maximum absolute atomic E-state index is 11.6. The summed E-state index contributed by atoms with van der Waals surface area (Å²) in [6.07, 6.45) is 0.